The number of H-pyrrole nitrogens is 1. The van der Waals surface area contributed by atoms with Crippen LogP contribution >= 0.6 is 11.6 Å². The van der Waals surface area contributed by atoms with Crippen molar-refractivity contribution < 1.29 is 4.39 Å². The minimum absolute atomic E-state index is 0.282. The van der Waals surface area contributed by atoms with Gasteiger partial charge in [0.2, 0.25) is 5.82 Å². The first-order valence-electron chi connectivity index (χ1n) is 4.37. The standard InChI is InChI=1S/C10H6ClFN2O2/c11-8-7(12)9(15)14(10(16)13-8)6-4-2-1-3-5-6/h1-5H,(H,13,16). The second-order valence-corrected chi connectivity index (χ2v) is 3.41. The van der Waals surface area contributed by atoms with Crippen molar-refractivity contribution in [2.75, 3.05) is 0 Å². The van der Waals surface area contributed by atoms with Crippen LogP contribution < -0.4 is 11.2 Å². The number of benzene rings is 1. The smallest absolute Gasteiger partial charge is 0.295 e. The predicted octanol–water partition coefficient (Wildman–Crippen LogP) is 1.32. The third-order valence-electron chi connectivity index (χ3n) is 2.02. The van der Waals surface area contributed by atoms with E-state index < -0.39 is 22.2 Å². The lowest BCUT2D eigenvalue weighted by Gasteiger charge is -2.04. The molecule has 0 unspecified atom stereocenters. The van der Waals surface area contributed by atoms with Gasteiger partial charge in [0.05, 0.1) is 5.69 Å². The zero-order valence-electron chi connectivity index (χ0n) is 7.91. The summed E-state index contributed by atoms with van der Waals surface area (Å²) < 4.78 is 13.9. The first-order chi connectivity index (χ1) is 7.61. The molecule has 1 aromatic heterocycles. The highest BCUT2D eigenvalue weighted by molar-refractivity contribution is 6.29. The summed E-state index contributed by atoms with van der Waals surface area (Å²) in [6.45, 7) is 0. The quantitative estimate of drug-likeness (QED) is 0.765. The molecule has 0 aliphatic carbocycles. The number of para-hydroxylation sites is 1. The molecule has 0 atom stereocenters. The molecule has 0 aliphatic rings. The lowest BCUT2D eigenvalue weighted by molar-refractivity contribution is 0.584. The molecule has 16 heavy (non-hydrogen) atoms. The van der Waals surface area contributed by atoms with Crippen LogP contribution in [0.3, 0.4) is 0 Å². The molecule has 82 valence electrons. The van der Waals surface area contributed by atoms with Crippen molar-refractivity contribution in [1.29, 1.82) is 0 Å². The van der Waals surface area contributed by atoms with Crippen LogP contribution in [0, 0.1) is 5.82 Å². The van der Waals surface area contributed by atoms with Crippen molar-refractivity contribution >= 4 is 11.6 Å². The van der Waals surface area contributed by atoms with Gasteiger partial charge in [-0.1, -0.05) is 29.8 Å². The highest BCUT2D eigenvalue weighted by Gasteiger charge is 2.12. The summed E-state index contributed by atoms with van der Waals surface area (Å²) in [4.78, 5) is 25.0. The molecule has 0 radical (unpaired) electrons. The molecular weight excluding hydrogens is 235 g/mol. The SMILES string of the molecule is O=c1[nH]c(Cl)c(F)c(=O)n1-c1ccccc1. The van der Waals surface area contributed by atoms with Gasteiger partial charge in [0, 0.05) is 0 Å². The van der Waals surface area contributed by atoms with Gasteiger partial charge < -0.3 is 0 Å². The molecule has 2 aromatic rings. The first-order valence-corrected chi connectivity index (χ1v) is 4.75. The van der Waals surface area contributed by atoms with Crippen LogP contribution in [0.4, 0.5) is 4.39 Å². The van der Waals surface area contributed by atoms with E-state index in [4.69, 9.17) is 11.6 Å². The third kappa shape index (κ3) is 1.65. The fourth-order valence-electron chi connectivity index (χ4n) is 1.30. The fourth-order valence-corrected chi connectivity index (χ4v) is 1.46. The van der Waals surface area contributed by atoms with Crippen molar-refractivity contribution in [3.05, 3.63) is 62.1 Å². The molecule has 1 aromatic carbocycles. The van der Waals surface area contributed by atoms with Crippen molar-refractivity contribution in [2.45, 2.75) is 0 Å². The van der Waals surface area contributed by atoms with E-state index in [0.29, 0.717) is 4.57 Å². The van der Waals surface area contributed by atoms with E-state index in [9.17, 15) is 14.0 Å². The predicted molar refractivity (Wildman–Crippen MR) is 57.6 cm³/mol. The lowest BCUT2D eigenvalue weighted by atomic mass is 10.3. The Bertz CT molecular complexity index is 634. The van der Waals surface area contributed by atoms with Gasteiger partial charge >= 0.3 is 5.69 Å². The molecule has 6 heteroatoms. The van der Waals surface area contributed by atoms with E-state index in [2.05, 4.69) is 0 Å². The molecule has 1 heterocycles. The van der Waals surface area contributed by atoms with Gasteiger partial charge in [0.25, 0.3) is 5.56 Å². The number of nitrogens with one attached hydrogen (secondary N) is 1. The van der Waals surface area contributed by atoms with Crippen LogP contribution in [0.5, 0.6) is 0 Å². The van der Waals surface area contributed by atoms with Gasteiger partial charge in [-0.15, -0.1) is 0 Å². The van der Waals surface area contributed by atoms with Gasteiger partial charge in [0.1, 0.15) is 0 Å². The average molecular weight is 241 g/mol. The molecule has 1 N–H and O–H groups in total. The number of hydrogen-bond acceptors (Lipinski definition) is 2. The average Bonchev–Trinajstić information content (AvgIpc) is 2.28. The van der Waals surface area contributed by atoms with Crippen molar-refractivity contribution in [2.24, 2.45) is 0 Å². The number of hydrogen-bond donors (Lipinski definition) is 1. The van der Waals surface area contributed by atoms with Gasteiger partial charge in [0.15, 0.2) is 5.15 Å². The minimum atomic E-state index is -1.18. The number of aromatic amines is 1. The molecule has 0 fully saturated rings. The van der Waals surface area contributed by atoms with Crippen LogP contribution in [-0.2, 0) is 0 Å². The second kappa shape index (κ2) is 3.94. The molecule has 0 amide bonds. The first kappa shape index (κ1) is 10.6. The Morgan fingerprint density at radius 1 is 1.19 bits per heavy atom. The van der Waals surface area contributed by atoms with Gasteiger partial charge in [-0.2, -0.15) is 4.39 Å². The maximum absolute atomic E-state index is 13.2. The molecule has 0 bridgehead atoms. The summed E-state index contributed by atoms with van der Waals surface area (Å²) in [5, 5.41) is -0.581. The van der Waals surface area contributed by atoms with E-state index in [0.717, 1.165) is 0 Å². The van der Waals surface area contributed by atoms with Crippen molar-refractivity contribution in [1.82, 2.24) is 9.55 Å². The van der Waals surface area contributed by atoms with E-state index in [1.807, 2.05) is 4.98 Å². The highest BCUT2D eigenvalue weighted by atomic mass is 35.5. The monoisotopic (exact) mass is 240 g/mol. The Labute approximate surface area is 93.9 Å². The summed E-state index contributed by atoms with van der Waals surface area (Å²) in [5.41, 5.74) is -1.56. The van der Waals surface area contributed by atoms with E-state index in [1.54, 1.807) is 18.2 Å². The molecule has 2 rings (SSSR count). The Balaban J connectivity index is 2.82. The molecule has 0 saturated heterocycles. The number of nitrogens with zero attached hydrogens (tertiary/aromatic N) is 1. The Morgan fingerprint density at radius 2 is 1.81 bits per heavy atom. The molecule has 0 spiro atoms. The maximum Gasteiger partial charge on any atom is 0.334 e. The summed E-state index contributed by atoms with van der Waals surface area (Å²) in [6, 6.07) is 8.02. The molecular formula is C10H6ClFN2O2. The number of rotatable bonds is 1. The highest BCUT2D eigenvalue weighted by Crippen LogP contribution is 2.05. The Kier molecular flexibility index (Phi) is 2.62. The summed E-state index contributed by atoms with van der Waals surface area (Å²) >= 11 is 5.33. The van der Waals surface area contributed by atoms with E-state index in [1.165, 1.54) is 12.1 Å². The zero-order chi connectivity index (χ0) is 11.7. The minimum Gasteiger partial charge on any atom is -0.295 e. The topological polar surface area (TPSA) is 54.9 Å². The zero-order valence-corrected chi connectivity index (χ0v) is 8.66. The Hall–Kier alpha value is -1.88. The fraction of sp³-hybridized carbons (Fsp3) is 0. The molecule has 0 saturated carbocycles. The van der Waals surface area contributed by atoms with Gasteiger partial charge in [-0.3, -0.25) is 9.78 Å². The molecule has 4 nitrogen and oxygen atoms in total. The lowest BCUT2D eigenvalue weighted by Crippen LogP contribution is -2.35. The Morgan fingerprint density at radius 3 is 2.44 bits per heavy atom. The maximum atomic E-state index is 13.2. The largest absolute Gasteiger partial charge is 0.334 e. The summed E-state index contributed by atoms with van der Waals surface area (Å²) in [7, 11) is 0. The second-order valence-electron chi connectivity index (χ2n) is 3.03. The van der Waals surface area contributed by atoms with Gasteiger partial charge in [-0.25, -0.2) is 9.36 Å². The van der Waals surface area contributed by atoms with Gasteiger partial charge in [-0.05, 0) is 12.1 Å². The third-order valence-corrected chi connectivity index (χ3v) is 2.28. The van der Waals surface area contributed by atoms with Crippen LogP contribution in [0.1, 0.15) is 0 Å². The number of halogens is 2. The van der Waals surface area contributed by atoms with Crippen molar-refractivity contribution in [3.8, 4) is 5.69 Å². The van der Waals surface area contributed by atoms with Crippen LogP contribution in [0.2, 0.25) is 5.15 Å². The van der Waals surface area contributed by atoms with E-state index >= 15 is 0 Å². The van der Waals surface area contributed by atoms with Crippen LogP contribution in [0.25, 0.3) is 5.69 Å². The summed E-state index contributed by atoms with van der Waals surface area (Å²) in [6.07, 6.45) is 0. The molecule has 0 aliphatic heterocycles. The van der Waals surface area contributed by atoms with Crippen LogP contribution in [-0.4, -0.2) is 9.55 Å². The van der Waals surface area contributed by atoms with Crippen LogP contribution in [0.15, 0.2) is 39.9 Å². The number of aromatic nitrogens is 2. The summed E-state index contributed by atoms with van der Waals surface area (Å²) in [5.74, 6) is -1.18. The normalized spacial score (nSPS) is 10.4. The van der Waals surface area contributed by atoms with Crippen molar-refractivity contribution in [3.63, 3.8) is 0 Å². The van der Waals surface area contributed by atoms with E-state index in [-0.39, 0.29) is 5.69 Å².